The zero-order valence-corrected chi connectivity index (χ0v) is 15.5. The van der Waals surface area contributed by atoms with Gasteiger partial charge in [-0.05, 0) is 29.0 Å². The average Bonchev–Trinajstić information content (AvgIpc) is 3.18. The van der Waals surface area contributed by atoms with E-state index in [-0.39, 0.29) is 5.91 Å². The zero-order valence-electron chi connectivity index (χ0n) is 15.5. The van der Waals surface area contributed by atoms with Gasteiger partial charge < -0.3 is 14.2 Å². The zero-order chi connectivity index (χ0) is 18.9. The minimum Gasteiger partial charge on any atom is -0.464 e. The molecule has 1 fully saturated rings. The number of piperazine rings is 1. The smallest absolute Gasteiger partial charge is 0.227 e. The molecule has 1 aliphatic rings. The van der Waals surface area contributed by atoms with E-state index >= 15 is 0 Å². The van der Waals surface area contributed by atoms with E-state index in [1.807, 2.05) is 35.2 Å². The van der Waals surface area contributed by atoms with Crippen LogP contribution in [-0.4, -0.2) is 42.0 Å². The lowest BCUT2D eigenvalue weighted by molar-refractivity contribution is -0.130. The van der Waals surface area contributed by atoms with Gasteiger partial charge in [0.1, 0.15) is 5.58 Å². The van der Waals surface area contributed by atoms with Crippen LogP contribution in [0.5, 0.6) is 0 Å². The number of amides is 1. The van der Waals surface area contributed by atoms with Crippen molar-refractivity contribution in [2.24, 2.45) is 0 Å². The molecule has 5 rings (SSSR count). The number of hydrogen-bond donors (Lipinski definition) is 0. The van der Waals surface area contributed by atoms with Crippen LogP contribution in [0.2, 0.25) is 0 Å². The third-order valence-corrected chi connectivity index (χ3v) is 5.54. The summed E-state index contributed by atoms with van der Waals surface area (Å²) in [6.07, 6.45) is 5.72. The number of nitrogens with zero attached hydrogens (tertiary/aromatic N) is 3. The molecule has 0 radical (unpaired) electrons. The van der Waals surface area contributed by atoms with Gasteiger partial charge >= 0.3 is 0 Å². The van der Waals surface area contributed by atoms with Crippen molar-refractivity contribution in [2.75, 3.05) is 31.1 Å². The molecule has 1 amide bonds. The van der Waals surface area contributed by atoms with Crippen LogP contribution in [0.15, 0.2) is 71.6 Å². The van der Waals surface area contributed by atoms with Crippen molar-refractivity contribution in [1.82, 2.24) is 9.88 Å². The van der Waals surface area contributed by atoms with Crippen molar-refractivity contribution in [2.45, 2.75) is 6.42 Å². The SMILES string of the molecule is O=C(Cc1coc2ccc3ccccc3c12)N1CCN(c2ccncc2)CC1. The Balaban J connectivity index is 1.33. The fourth-order valence-electron chi connectivity index (χ4n) is 4.05. The van der Waals surface area contributed by atoms with Gasteiger partial charge in [0.2, 0.25) is 5.91 Å². The van der Waals surface area contributed by atoms with Crippen molar-refractivity contribution in [3.63, 3.8) is 0 Å². The van der Waals surface area contributed by atoms with Crippen LogP contribution in [0.3, 0.4) is 0 Å². The molecule has 5 heteroatoms. The standard InChI is InChI=1S/C23H21N3O2/c27-22(26-13-11-25(12-14-26)19-7-9-24-10-8-19)15-18-16-28-21-6-5-17-3-1-2-4-20(17)23(18)21/h1-10,16H,11-15H2. The van der Waals surface area contributed by atoms with E-state index in [4.69, 9.17) is 4.42 Å². The minimum absolute atomic E-state index is 0.157. The van der Waals surface area contributed by atoms with Crippen LogP contribution in [0.1, 0.15) is 5.56 Å². The van der Waals surface area contributed by atoms with Crippen molar-refractivity contribution in [3.05, 3.63) is 72.8 Å². The van der Waals surface area contributed by atoms with Gasteiger partial charge in [0.25, 0.3) is 0 Å². The number of carbonyl (C=O) groups is 1. The van der Waals surface area contributed by atoms with Gasteiger partial charge in [0.05, 0.1) is 12.7 Å². The number of pyridine rings is 1. The Kier molecular flexibility index (Phi) is 4.20. The topological polar surface area (TPSA) is 49.6 Å². The number of anilines is 1. The molecule has 0 saturated carbocycles. The van der Waals surface area contributed by atoms with Crippen LogP contribution < -0.4 is 4.90 Å². The minimum atomic E-state index is 0.157. The summed E-state index contributed by atoms with van der Waals surface area (Å²) in [5.74, 6) is 0.157. The molecule has 0 bridgehead atoms. The summed E-state index contributed by atoms with van der Waals surface area (Å²) in [5, 5.41) is 3.36. The molecule has 0 spiro atoms. The Morgan fingerprint density at radius 3 is 2.57 bits per heavy atom. The van der Waals surface area contributed by atoms with Gasteiger partial charge in [0.15, 0.2) is 0 Å². The Labute approximate surface area is 163 Å². The normalized spacial score (nSPS) is 14.7. The number of aromatic nitrogens is 1. The summed E-state index contributed by atoms with van der Waals surface area (Å²) < 4.78 is 5.74. The Bertz CT molecular complexity index is 1130. The molecule has 5 nitrogen and oxygen atoms in total. The maximum absolute atomic E-state index is 12.9. The second-order valence-electron chi connectivity index (χ2n) is 7.17. The van der Waals surface area contributed by atoms with Crippen molar-refractivity contribution in [1.29, 1.82) is 0 Å². The highest BCUT2D eigenvalue weighted by Gasteiger charge is 2.23. The molecule has 2 aromatic heterocycles. The molecule has 140 valence electrons. The molecule has 2 aromatic carbocycles. The fraction of sp³-hybridized carbons (Fsp3) is 0.217. The van der Waals surface area contributed by atoms with E-state index in [1.165, 1.54) is 0 Å². The quantitative estimate of drug-likeness (QED) is 0.549. The predicted molar refractivity (Wildman–Crippen MR) is 110 cm³/mol. The van der Waals surface area contributed by atoms with E-state index in [9.17, 15) is 4.79 Å². The highest BCUT2D eigenvalue weighted by Crippen LogP contribution is 2.30. The summed E-state index contributed by atoms with van der Waals surface area (Å²) in [6.45, 7) is 3.14. The molecule has 0 N–H and O–H groups in total. The third-order valence-electron chi connectivity index (χ3n) is 5.54. The molecule has 28 heavy (non-hydrogen) atoms. The van der Waals surface area contributed by atoms with E-state index in [2.05, 4.69) is 28.1 Å². The summed E-state index contributed by atoms with van der Waals surface area (Å²) in [7, 11) is 0. The molecule has 0 atom stereocenters. The van der Waals surface area contributed by atoms with Gasteiger partial charge in [-0.2, -0.15) is 0 Å². The van der Waals surface area contributed by atoms with Crippen molar-refractivity contribution < 1.29 is 9.21 Å². The molecule has 1 aliphatic heterocycles. The Hall–Kier alpha value is -3.34. The molecular formula is C23H21N3O2. The largest absolute Gasteiger partial charge is 0.464 e. The predicted octanol–water partition coefficient (Wildman–Crippen LogP) is 3.87. The third kappa shape index (κ3) is 2.99. The van der Waals surface area contributed by atoms with Gasteiger partial charge in [0, 0.05) is 55.2 Å². The molecule has 3 heterocycles. The first-order valence-corrected chi connectivity index (χ1v) is 9.60. The number of rotatable bonds is 3. The van der Waals surface area contributed by atoms with Crippen LogP contribution in [0, 0.1) is 0 Å². The second kappa shape index (κ2) is 7.00. The summed E-state index contributed by atoms with van der Waals surface area (Å²) in [5.41, 5.74) is 2.96. The van der Waals surface area contributed by atoms with E-state index in [0.717, 1.165) is 59.2 Å². The van der Waals surface area contributed by atoms with Crippen molar-refractivity contribution in [3.8, 4) is 0 Å². The van der Waals surface area contributed by atoms with Gasteiger partial charge in [-0.25, -0.2) is 0 Å². The number of hydrogen-bond acceptors (Lipinski definition) is 4. The number of benzene rings is 2. The van der Waals surface area contributed by atoms with Crippen LogP contribution in [-0.2, 0) is 11.2 Å². The lowest BCUT2D eigenvalue weighted by Gasteiger charge is -2.36. The Morgan fingerprint density at radius 1 is 0.964 bits per heavy atom. The van der Waals surface area contributed by atoms with Gasteiger partial charge in [-0.3, -0.25) is 9.78 Å². The number of furan rings is 1. The first-order valence-electron chi connectivity index (χ1n) is 9.60. The van der Waals surface area contributed by atoms with Gasteiger partial charge in [-0.1, -0.05) is 30.3 Å². The molecule has 1 saturated heterocycles. The first-order chi connectivity index (χ1) is 13.8. The van der Waals surface area contributed by atoms with Crippen LogP contribution >= 0.6 is 0 Å². The van der Waals surface area contributed by atoms with E-state index < -0.39 is 0 Å². The molecular weight excluding hydrogens is 350 g/mol. The van der Waals surface area contributed by atoms with Crippen LogP contribution in [0.4, 0.5) is 5.69 Å². The van der Waals surface area contributed by atoms with Crippen molar-refractivity contribution >= 4 is 33.3 Å². The van der Waals surface area contributed by atoms with E-state index in [1.54, 1.807) is 18.7 Å². The monoisotopic (exact) mass is 371 g/mol. The second-order valence-corrected chi connectivity index (χ2v) is 7.17. The fourth-order valence-corrected chi connectivity index (χ4v) is 4.05. The summed E-state index contributed by atoms with van der Waals surface area (Å²) >= 11 is 0. The highest BCUT2D eigenvalue weighted by atomic mass is 16.3. The highest BCUT2D eigenvalue weighted by molar-refractivity contribution is 6.08. The summed E-state index contributed by atoms with van der Waals surface area (Å²) in [6, 6.07) is 16.3. The lowest BCUT2D eigenvalue weighted by atomic mass is 10.0. The van der Waals surface area contributed by atoms with E-state index in [0.29, 0.717) is 6.42 Å². The molecule has 4 aromatic rings. The average molecular weight is 371 g/mol. The van der Waals surface area contributed by atoms with Crippen LogP contribution in [0.25, 0.3) is 21.7 Å². The molecule has 0 aliphatic carbocycles. The maximum atomic E-state index is 12.9. The summed E-state index contributed by atoms with van der Waals surface area (Å²) in [4.78, 5) is 21.3. The molecule has 0 unspecified atom stereocenters. The lowest BCUT2D eigenvalue weighted by Crippen LogP contribution is -2.49. The van der Waals surface area contributed by atoms with Gasteiger partial charge in [-0.15, -0.1) is 0 Å². The first kappa shape index (κ1) is 16.8. The number of fused-ring (bicyclic) bond motifs is 3. The Morgan fingerprint density at radius 2 is 1.75 bits per heavy atom. The maximum Gasteiger partial charge on any atom is 0.227 e. The number of carbonyl (C=O) groups excluding carboxylic acids is 1.